The van der Waals surface area contributed by atoms with Crippen molar-refractivity contribution in [2.75, 3.05) is 0 Å². The summed E-state index contributed by atoms with van der Waals surface area (Å²) >= 11 is 5.75. The smallest absolute Gasteiger partial charge is 0.341 e. The lowest BCUT2D eigenvalue weighted by Gasteiger charge is -2.25. The van der Waals surface area contributed by atoms with Crippen LogP contribution in [0, 0.1) is 0 Å². The molecule has 2 rings (SSSR count). The third-order valence-corrected chi connectivity index (χ3v) is 2.61. The van der Waals surface area contributed by atoms with Crippen LogP contribution in [0.1, 0.15) is 29.6 Å². The van der Waals surface area contributed by atoms with Crippen LogP contribution in [0.15, 0.2) is 18.3 Å². The minimum Gasteiger partial charge on any atom is -0.459 e. The molecule has 74 valence electrons. The van der Waals surface area contributed by atoms with Crippen molar-refractivity contribution < 1.29 is 9.53 Å². The van der Waals surface area contributed by atoms with E-state index in [1.54, 1.807) is 18.3 Å². The molecule has 1 aromatic rings. The number of ether oxygens (including phenoxy) is 1. The van der Waals surface area contributed by atoms with E-state index in [0.29, 0.717) is 5.56 Å². The van der Waals surface area contributed by atoms with Gasteiger partial charge >= 0.3 is 5.97 Å². The van der Waals surface area contributed by atoms with Crippen molar-refractivity contribution >= 4 is 17.6 Å². The Hall–Kier alpha value is -1.09. The van der Waals surface area contributed by atoms with Gasteiger partial charge in [0, 0.05) is 6.20 Å². The molecule has 14 heavy (non-hydrogen) atoms. The molecular weight excluding hydrogens is 202 g/mol. The molecule has 0 radical (unpaired) electrons. The number of hydrogen-bond donors (Lipinski definition) is 0. The summed E-state index contributed by atoms with van der Waals surface area (Å²) in [6.07, 6.45) is 4.69. The fourth-order valence-electron chi connectivity index (χ4n) is 1.24. The fraction of sp³-hybridized carbons (Fsp3) is 0.400. The number of nitrogens with zero attached hydrogens (tertiary/aromatic N) is 1. The average molecular weight is 212 g/mol. The summed E-state index contributed by atoms with van der Waals surface area (Å²) in [5, 5.41) is 0.205. The highest BCUT2D eigenvalue weighted by atomic mass is 35.5. The SMILES string of the molecule is O=C(OC1CCC1)c1cccnc1Cl. The lowest BCUT2D eigenvalue weighted by atomic mass is 9.96. The summed E-state index contributed by atoms with van der Waals surface area (Å²) in [4.78, 5) is 15.3. The molecule has 1 fully saturated rings. The maximum absolute atomic E-state index is 11.5. The van der Waals surface area contributed by atoms with Gasteiger partial charge in [-0.15, -0.1) is 0 Å². The Labute approximate surface area is 87.0 Å². The van der Waals surface area contributed by atoms with E-state index < -0.39 is 0 Å². The molecule has 0 N–H and O–H groups in total. The summed E-state index contributed by atoms with van der Waals surface area (Å²) in [5.41, 5.74) is 0.348. The van der Waals surface area contributed by atoms with Crippen LogP contribution < -0.4 is 0 Å². The molecule has 0 unspecified atom stereocenters. The second-order valence-electron chi connectivity index (χ2n) is 3.30. The minimum atomic E-state index is -0.368. The first-order chi connectivity index (χ1) is 6.77. The first-order valence-electron chi connectivity index (χ1n) is 4.59. The van der Waals surface area contributed by atoms with Crippen LogP contribution >= 0.6 is 11.6 Å². The molecule has 0 bridgehead atoms. The summed E-state index contributed by atoms with van der Waals surface area (Å²) in [7, 11) is 0. The molecule has 0 aliphatic heterocycles. The van der Waals surface area contributed by atoms with E-state index in [9.17, 15) is 4.79 Å². The van der Waals surface area contributed by atoms with Crippen LogP contribution in [0.5, 0.6) is 0 Å². The van der Waals surface area contributed by atoms with E-state index in [2.05, 4.69) is 4.98 Å². The first kappa shape index (κ1) is 9.46. The van der Waals surface area contributed by atoms with Gasteiger partial charge in [-0.2, -0.15) is 0 Å². The normalized spacial score (nSPS) is 16.1. The van der Waals surface area contributed by atoms with E-state index in [1.807, 2.05) is 0 Å². The van der Waals surface area contributed by atoms with Gasteiger partial charge in [-0.1, -0.05) is 11.6 Å². The topological polar surface area (TPSA) is 39.2 Å². The number of carbonyl (C=O) groups is 1. The molecule has 4 heteroatoms. The molecule has 1 aromatic heterocycles. The van der Waals surface area contributed by atoms with E-state index in [0.717, 1.165) is 19.3 Å². The van der Waals surface area contributed by atoms with Gasteiger partial charge in [0.05, 0.1) is 5.56 Å². The molecule has 1 saturated carbocycles. The summed E-state index contributed by atoms with van der Waals surface area (Å²) in [5.74, 6) is -0.368. The Bertz CT molecular complexity index is 350. The molecule has 0 spiro atoms. The van der Waals surface area contributed by atoms with E-state index in [1.165, 1.54) is 0 Å². The van der Waals surface area contributed by atoms with Gasteiger partial charge in [0.1, 0.15) is 11.3 Å². The highest BCUT2D eigenvalue weighted by Crippen LogP contribution is 2.24. The number of halogens is 1. The van der Waals surface area contributed by atoms with Gasteiger partial charge in [-0.25, -0.2) is 9.78 Å². The molecule has 3 nitrogen and oxygen atoms in total. The second kappa shape index (κ2) is 3.96. The lowest BCUT2D eigenvalue weighted by molar-refractivity contribution is 0.00899. The van der Waals surface area contributed by atoms with Crippen molar-refractivity contribution in [1.82, 2.24) is 4.98 Å². The quantitative estimate of drug-likeness (QED) is 0.557. The third kappa shape index (κ3) is 1.87. The zero-order chi connectivity index (χ0) is 9.97. The van der Waals surface area contributed by atoms with Gasteiger partial charge in [0.15, 0.2) is 0 Å². The maximum Gasteiger partial charge on any atom is 0.341 e. The predicted octanol–water partition coefficient (Wildman–Crippen LogP) is 2.44. The van der Waals surface area contributed by atoms with E-state index in [4.69, 9.17) is 16.3 Å². The van der Waals surface area contributed by atoms with E-state index in [-0.39, 0.29) is 17.2 Å². The first-order valence-corrected chi connectivity index (χ1v) is 4.96. The molecule has 0 atom stereocenters. The standard InChI is InChI=1S/C10H10ClNO2/c11-9-8(5-2-6-12-9)10(13)14-7-3-1-4-7/h2,5-7H,1,3-4H2. The van der Waals surface area contributed by atoms with Gasteiger partial charge in [-0.3, -0.25) is 0 Å². The zero-order valence-electron chi connectivity index (χ0n) is 7.57. The number of carbonyl (C=O) groups excluding carboxylic acids is 1. The van der Waals surface area contributed by atoms with Crippen LogP contribution in [0.25, 0.3) is 0 Å². The average Bonchev–Trinajstić information content (AvgIpc) is 2.12. The minimum absolute atomic E-state index is 0.0822. The van der Waals surface area contributed by atoms with E-state index >= 15 is 0 Å². The van der Waals surface area contributed by atoms with Crippen molar-refractivity contribution in [3.63, 3.8) is 0 Å². The summed E-state index contributed by atoms with van der Waals surface area (Å²) < 4.78 is 5.19. The van der Waals surface area contributed by atoms with Crippen LogP contribution in [-0.4, -0.2) is 17.1 Å². The largest absolute Gasteiger partial charge is 0.459 e. The summed E-state index contributed by atoms with van der Waals surface area (Å²) in [6, 6.07) is 3.29. The number of aromatic nitrogens is 1. The second-order valence-corrected chi connectivity index (χ2v) is 3.66. The predicted molar refractivity (Wildman–Crippen MR) is 52.3 cm³/mol. The van der Waals surface area contributed by atoms with Crippen LogP contribution in [0.4, 0.5) is 0 Å². The number of esters is 1. The Morgan fingerprint density at radius 3 is 2.93 bits per heavy atom. The molecule has 0 aromatic carbocycles. The third-order valence-electron chi connectivity index (χ3n) is 2.30. The number of pyridine rings is 1. The van der Waals surface area contributed by atoms with Crippen molar-refractivity contribution in [2.24, 2.45) is 0 Å². The van der Waals surface area contributed by atoms with Gasteiger partial charge in [0.2, 0.25) is 0 Å². The lowest BCUT2D eigenvalue weighted by Crippen LogP contribution is -2.25. The maximum atomic E-state index is 11.5. The summed E-state index contributed by atoms with van der Waals surface area (Å²) in [6.45, 7) is 0. The van der Waals surface area contributed by atoms with Gasteiger partial charge < -0.3 is 4.74 Å². The Balaban J connectivity index is 2.06. The molecule has 1 aliphatic carbocycles. The van der Waals surface area contributed by atoms with Crippen molar-refractivity contribution in [3.05, 3.63) is 29.0 Å². The molecule has 1 heterocycles. The van der Waals surface area contributed by atoms with Crippen molar-refractivity contribution in [3.8, 4) is 0 Å². The molecule has 0 amide bonds. The Morgan fingerprint density at radius 2 is 2.36 bits per heavy atom. The van der Waals surface area contributed by atoms with Gasteiger partial charge in [-0.05, 0) is 31.4 Å². The molecule has 0 saturated heterocycles. The van der Waals surface area contributed by atoms with Crippen molar-refractivity contribution in [1.29, 1.82) is 0 Å². The highest BCUT2D eigenvalue weighted by molar-refractivity contribution is 6.32. The zero-order valence-corrected chi connectivity index (χ0v) is 8.33. The Morgan fingerprint density at radius 1 is 1.57 bits per heavy atom. The fourth-order valence-corrected chi connectivity index (χ4v) is 1.44. The highest BCUT2D eigenvalue weighted by Gasteiger charge is 2.23. The molecule has 1 aliphatic rings. The van der Waals surface area contributed by atoms with Crippen molar-refractivity contribution in [2.45, 2.75) is 25.4 Å². The number of hydrogen-bond acceptors (Lipinski definition) is 3. The monoisotopic (exact) mass is 211 g/mol. The number of rotatable bonds is 2. The molecular formula is C10H10ClNO2. The van der Waals surface area contributed by atoms with Crippen LogP contribution in [0.2, 0.25) is 5.15 Å². The van der Waals surface area contributed by atoms with Crippen LogP contribution in [0.3, 0.4) is 0 Å². The Kier molecular flexibility index (Phi) is 2.68. The van der Waals surface area contributed by atoms with Gasteiger partial charge in [0.25, 0.3) is 0 Å². The van der Waals surface area contributed by atoms with Crippen LogP contribution in [-0.2, 0) is 4.74 Å².